The van der Waals surface area contributed by atoms with Crippen LogP contribution in [0.2, 0.25) is 0 Å². The molecule has 2 saturated heterocycles. The number of hydrogen-bond acceptors (Lipinski definition) is 5. The van der Waals surface area contributed by atoms with Crippen molar-refractivity contribution in [2.24, 2.45) is 11.8 Å². The molecule has 7 nitrogen and oxygen atoms in total. The second-order valence-corrected chi connectivity index (χ2v) is 9.63. The van der Waals surface area contributed by atoms with Crippen molar-refractivity contribution in [2.75, 3.05) is 37.7 Å². The van der Waals surface area contributed by atoms with Crippen LogP contribution in [0.1, 0.15) is 19.3 Å². The van der Waals surface area contributed by atoms with E-state index < -0.39 is 20.0 Å². The Morgan fingerprint density at radius 3 is 2.30 bits per heavy atom. The molecule has 0 saturated carbocycles. The van der Waals surface area contributed by atoms with Gasteiger partial charge in [0.25, 0.3) is 10.2 Å². The largest absolute Gasteiger partial charge is 0.396 e. The van der Waals surface area contributed by atoms with Crippen LogP contribution in [0.4, 0.5) is 0 Å². The Hall–Kier alpha value is -0.220. The van der Waals surface area contributed by atoms with E-state index in [9.17, 15) is 16.8 Å². The van der Waals surface area contributed by atoms with E-state index in [4.69, 9.17) is 5.11 Å². The third-order valence-electron chi connectivity index (χ3n) is 4.05. The minimum Gasteiger partial charge on any atom is -0.396 e. The summed E-state index contributed by atoms with van der Waals surface area (Å²) < 4.78 is 50.7. The molecule has 0 aromatic rings. The van der Waals surface area contributed by atoms with Crippen LogP contribution in [0.5, 0.6) is 0 Å². The van der Waals surface area contributed by atoms with Gasteiger partial charge in [-0.15, -0.1) is 0 Å². The van der Waals surface area contributed by atoms with Crippen LogP contribution in [0, 0.1) is 11.8 Å². The molecule has 1 unspecified atom stereocenters. The molecule has 2 heterocycles. The minimum atomic E-state index is -3.53. The highest BCUT2D eigenvalue weighted by atomic mass is 32.2. The molecule has 0 spiro atoms. The van der Waals surface area contributed by atoms with Gasteiger partial charge >= 0.3 is 0 Å². The summed E-state index contributed by atoms with van der Waals surface area (Å²) in [4.78, 5) is 0. The quantitative estimate of drug-likeness (QED) is 0.672. The van der Waals surface area contributed by atoms with Gasteiger partial charge in [-0.1, -0.05) is 0 Å². The van der Waals surface area contributed by atoms with Crippen LogP contribution in [0.15, 0.2) is 0 Å². The van der Waals surface area contributed by atoms with Gasteiger partial charge in [0.1, 0.15) is 0 Å². The number of nitrogens with one attached hydrogen (secondary N) is 1. The zero-order valence-electron chi connectivity index (χ0n) is 11.4. The number of sulfone groups is 1. The molecular weight excluding hydrogens is 304 g/mol. The monoisotopic (exact) mass is 326 g/mol. The third kappa shape index (κ3) is 4.14. The van der Waals surface area contributed by atoms with E-state index in [0.29, 0.717) is 32.4 Å². The van der Waals surface area contributed by atoms with Gasteiger partial charge in [-0.2, -0.15) is 12.7 Å². The zero-order valence-corrected chi connectivity index (χ0v) is 13.0. The van der Waals surface area contributed by atoms with Gasteiger partial charge in [0.15, 0.2) is 9.84 Å². The summed E-state index contributed by atoms with van der Waals surface area (Å²) in [6.07, 6.45) is 1.85. The number of nitrogens with zero attached hydrogens (tertiary/aromatic N) is 1. The Bertz CT molecular complexity index is 523. The fraction of sp³-hybridized carbons (Fsp3) is 1.00. The van der Waals surface area contributed by atoms with Gasteiger partial charge in [0.05, 0.1) is 11.5 Å². The molecule has 0 amide bonds. The molecule has 9 heteroatoms. The van der Waals surface area contributed by atoms with Crippen molar-refractivity contribution in [2.45, 2.75) is 19.3 Å². The zero-order chi connectivity index (χ0) is 14.8. The van der Waals surface area contributed by atoms with Crippen molar-refractivity contribution in [1.82, 2.24) is 9.03 Å². The highest BCUT2D eigenvalue weighted by Crippen LogP contribution is 2.20. The predicted octanol–water partition coefficient (Wildman–Crippen LogP) is -1.04. The Morgan fingerprint density at radius 2 is 1.80 bits per heavy atom. The summed E-state index contributed by atoms with van der Waals surface area (Å²) in [5, 5.41) is 9.04. The van der Waals surface area contributed by atoms with Gasteiger partial charge < -0.3 is 5.11 Å². The van der Waals surface area contributed by atoms with Gasteiger partial charge in [-0.05, 0) is 31.1 Å². The maximum absolute atomic E-state index is 12.1. The van der Waals surface area contributed by atoms with E-state index in [-0.39, 0.29) is 36.5 Å². The lowest BCUT2D eigenvalue weighted by Crippen LogP contribution is -2.46. The molecule has 20 heavy (non-hydrogen) atoms. The van der Waals surface area contributed by atoms with E-state index in [0.717, 1.165) is 0 Å². The summed E-state index contributed by atoms with van der Waals surface area (Å²) in [7, 11) is -6.51. The maximum atomic E-state index is 12.1. The smallest absolute Gasteiger partial charge is 0.279 e. The van der Waals surface area contributed by atoms with Crippen LogP contribution in [0.25, 0.3) is 0 Å². The first-order chi connectivity index (χ1) is 9.32. The summed E-state index contributed by atoms with van der Waals surface area (Å²) >= 11 is 0. The number of hydrogen-bond donors (Lipinski definition) is 2. The Kier molecular flexibility index (Phi) is 5.06. The predicted molar refractivity (Wildman–Crippen MR) is 75.1 cm³/mol. The molecule has 2 aliphatic rings. The average Bonchev–Trinajstić information content (AvgIpc) is 2.76. The summed E-state index contributed by atoms with van der Waals surface area (Å²) in [5.41, 5.74) is 0. The molecule has 0 aromatic heterocycles. The maximum Gasteiger partial charge on any atom is 0.279 e. The Balaban J connectivity index is 1.83. The fourth-order valence-electron chi connectivity index (χ4n) is 2.68. The van der Waals surface area contributed by atoms with E-state index in [1.165, 1.54) is 4.31 Å². The first-order valence-electron chi connectivity index (χ1n) is 6.88. The molecule has 2 aliphatic heterocycles. The second-order valence-electron chi connectivity index (χ2n) is 5.65. The first-order valence-corrected chi connectivity index (χ1v) is 10.1. The Labute approximate surface area is 120 Å². The first kappa shape index (κ1) is 16.2. The number of rotatable bonds is 5. The van der Waals surface area contributed by atoms with Crippen molar-refractivity contribution in [3.05, 3.63) is 0 Å². The van der Waals surface area contributed by atoms with Gasteiger partial charge in [-0.25, -0.2) is 13.1 Å². The number of aliphatic hydroxyl groups excluding tert-OH is 1. The van der Waals surface area contributed by atoms with Crippen LogP contribution < -0.4 is 4.72 Å². The molecule has 0 aliphatic carbocycles. The minimum absolute atomic E-state index is 0.0715. The second kappa shape index (κ2) is 6.27. The highest BCUT2D eigenvalue weighted by Gasteiger charge is 2.31. The molecule has 0 radical (unpaired) electrons. The normalized spacial score (nSPS) is 28.8. The molecule has 1 atom stereocenters. The van der Waals surface area contributed by atoms with Crippen LogP contribution in [0.3, 0.4) is 0 Å². The lowest BCUT2D eigenvalue weighted by atomic mass is 10.00. The standard InChI is InChI=1S/C11H22N2O5S2/c14-8-10-1-4-13(5-2-10)20(17,18)12-7-11-3-6-19(15,16)9-11/h10-12,14H,1-9H2. The van der Waals surface area contributed by atoms with Crippen molar-refractivity contribution < 1.29 is 21.9 Å². The molecule has 2 rings (SSSR count). The highest BCUT2D eigenvalue weighted by molar-refractivity contribution is 7.91. The molecule has 2 fully saturated rings. The van der Waals surface area contributed by atoms with E-state index in [2.05, 4.69) is 4.72 Å². The topological polar surface area (TPSA) is 104 Å². The van der Waals surface area contributed by atoms with Crippen molar-refractivity contribution >= 4 is 20.0 Å². The van der Waals surface area contributed by atoms with Gasteiger partial charge in [-0.3, -0.25) is 0 Å². The third-order valence-corrected chi connectivity index (χ3v) is 7.47. The van der Waals surface area contributed by atoms with E-state index >= 15 is 0 Å². The summed E-state index contributed by atoms with van der Waals surface area (Å²) in [6, 6.07) is 0. The molecular formula is C11H22N2O5S2. The van der Waals surface area contributed by atoms with Gasteiger partial charge in [0, 0.05) is 26.2 Å². The number of piperidine rings is 1. The molecule has 0 bridgehead atoms. The van der Waals surface area contributed by atoms with Crippen molar-refractivity contribution in [3.63, 3.8) is 0 Å². The average molecular weight is 326 g/mol. The lowest BCUT2D eigenvalue weighted by Gasteiger charge is -2.30. The van der Waals surface area contributed by atoms with Crippen molar-refractivity contribution in [3.8, 4) is 0 Å². The Morgan fingerprint density at radius 1 is 1.15 bits per heavy atom. The van der Waals surface area contributed by atoms with E-state index in [1.807, 2.05) is 0 Å². The SMILES string of the molecule is O=S1(=O)CCC(CNS(=O)(=O)N2CCC(CO)CC2)C1. The van der Waals surface area contributed by atoms with Crippen LogP contribution >= 0.6 is 0 Å². The van der Waals surface area contributed by atoms with Gasteiger partial charge in [0.2, 0.25) is 0 Å². The van der Waals surface area contributed by atoms with Crippen molar-refractivity contribution in [1.29, 1.82) is 0 Å². The van der Waals surface area contributed by atoms with E-state index in [1.54, 1.807) is 0 Å². The molecule has 2 N–H and O–H groups in total. The number of aliphatic hydroxyl groups is 1. The summed E-state index contributed by atoms with van der Waals surface area (Å²) in [6.45, 7) is 1.09. The molecule has 118 valence electrons. The van der Waals surface area contributed by atoms with Crippen LogP contribution in [-0.2, 0) is 20.0 Å². The summed E-state index contributed by atoms with van der Waals surface area (Å²) in [5.74, 6) is 0.287. The van der Waals surface area contributed by atoms with Crippen LogP contribution in [-0.4, -0.2) is 64.0 Å². The molecule has 0 aromatic carbocycles. The lowest BCUT2D eigenvalue weighted by molar-refractivity contribution is 0.169. The fourth-order valence-corrected chi connectivity index (χ4v) is 5.86.